The minimum Gasteiger partial charge on any atom is -0.296 e. The lowest BCUT2D eigenvalue weighted by molar-refractivity contribution is -0.142. The Morgan fingerprint density at radius 2 is 1.52 bits per heavy atom. The van der Waals surface area contributed by atoms with E-state index >= 15 is 0 Å². The topological polar surface area (TPSA) is 46.2 Å². The van der Waals surface area contributed by atoms with Crippen molar-refractivity contribution in [2.24, 2.45) is 23.2 Å². The van der Waals surface area contributed by atoms with E-state index in [0.29, 0.717) is 18.3 Å². The molecule has 5 fully saturated rings. The monoisotopic (exact) mass is 337 g/mol. The molecule has 3 heteroatoms. The second kappa shape index (κ2) is 5.43. The minimum atomic E-state index is -0.513. The Bertz CT molecular complexity index is 675. The number of piperidine rings is 1. The predicted molar refractivity (Wildman–Crippen MR) is 95.7 cm³/mol. The second-order valence-electron chi connectivity index (χ2n) is 9.42. The Morgan fingerprint density at radius 3 is 2.08 bits per heavy atom. The van der Waals surface area contributed by atoms with Gasteiger partial charge in [0.25, 0.3) is 0 Å². The summed E-state index contributed by atoms with van der Waals surface area (Å²) in [6.07, 6.45) is 10.2. The van der Waals surface area contributed by atoms with Crippen LogP contribution in [0.25, 0.3) is 0 Å². The molecule has 0 radical (unpaired) electrons. The fourth-order valence-electron chi connectivity index (χ4n) is 7.20. The van der Waals surface area contributed by atoms with E-state index in [1.807, 2.05) is 18.2 Å². The lowest BCUT2D eigenvalue weighted by atomic mass is 9.46. The van der Waals surface area contributed by atoms with Gasteiger partial charge in [-0.05, 0) is 80.1 Å². The Hall–Kier alpha value is -1.64. The van der Waals surface area contributed by atoms with E-state index in [2.05, 4.69) is 17.4 Å². The molecule has 1 N–H and O–H groups in total. The zero-order chi connectivity index (χ0) is 17.1. The van der Waals surface area contributed by atoms with Crippen LogP contribution in [0.5, 0.6) is 0 Å². The molecule has 1 saturated heterocycles. The summed E-state index contributed by atoms with van der Waals surface area (Å²) >= 11 is 0. The summed E-state index contributed by atoms with van der Waals surface area (Å²) in [5.74, 6) is 2.49. The molecule has 3 nitrogen and oxygen atoms in total. The van der Waals surface area contributed by atoms with Crippen molar-refractivity contribution in [2.45, 2.75) is 63.2 Å². The zero-order valence-electron chi connectivity index (χ0n) is 14.8. The van der Waals surface area contributed by atoms with Crippen LogP contribution in [0.15, 0.2) is 30.3 Å². The number of amides is 2. The smallest absolute Gasteiger partial charge is 0.237 e. The summed E-state index contributed by atoms with van der Waals surface area (Å²) in [4.78, 5) is 24.9. The zero-order valence-corrected chi connectivity index (χ0v) is 14.8. The van der Waals surface area contributed by atoms with Crippen molar-refractivity contribution in [1.29, 1.82) is 0 Å². The van der Waals surface area contributed by atoms with Gasteiger partial charge in [-0.2, -0.15) is 0 Å². The van der Waals surface area contributed by atoms with Gasteiger partial charge in [-0.15, -0.1) is 0 Å². The number of hydrogen-bond acceptors (Lipinski definition) is 2. The van der Waals surface area contributed by atoms with Crippen LogP contribution in [0.1, 0.15) is 63.4 Å². The lowest BCUT2D eigenvalue weighted by Gasteiger charge is -2.59. The maximum absolute atomic E-state index is 13.1. The van der Waals surface area contributed by atoms with E-state index < -0.39 is 5.41 Å². The van der Waals surface area contributed by atoms with Crippen LogP contribution in [0.3, 0.4) is 0 Å². The average Bonchev–Trinajstić information content (AvgIpc) is 2.57. The van der Waals surface area contributed by atoms with E-state index in [-0.39, 0.29) is 11.8 Å². The van der Waals surface area contributed by atoms with Gasteiger partial charge in [0.1, 0.15) is 0 Å². The summed E-state index contributed by atoms with van der Waals surface area (Å²) < 4.78 is 0. The highest BCUT2D eigenvalue weighted by molar-refractivity contribution is 6.03. The van der Waals surface area contributed by atoms with E-state index in [1.165, 1.54) is 38.5 Å². The fraction of sp³-hybridized carbons (Fsp3) is 0.636. The number of rotatable bonds is 3. The molecule has 1 aromatic rings. The highest BCUT2D eigenvalue weighted by Gasteiger charge is 2.56. The lowest BCUT2D eigenvalue weighted by Crippen LogP contribution is -2.56. The molecule has 2 amide bonds. The molecule has 4 aliphatic carbocycles. The number of carbonyl (C=O) groups is 2. The van der Waals surface area contributed by atoms with Crippen LogP contribution in [-0.4, -0.2) is 11.8 Å². The van der Waals surface area contributed by atoms with Gasteiger partial charge in [0, 0.05) is 6.42 Å². The maximum Gasteiger partial charge on any atom is 0.237 e. The molecular weight excluding hydrogens is 310 g/mol. The van der Waals surface area contributed by atoms with E-state index in [0.717, 1.165) is 29.7 Å². The van der Waals surface area contributed by atoms with Crippen molar-refractivity contribution in [3.05, 3.63) is 35.9 Å². The van der Waals surface area contributed by atoms with Crippen LogP contribution in [0.4, 0.5) is 0 Å². The molecule has 6 rings (SSSR count). The maximum atomic E-state index is 13.1. The van der Waals surface area contributed by atoms with Gasteiger partial charge in [-0.25, -0.2) is 0 Å². The number of hydrogen-bond donors (Lipinski definition) is 1. The molecule has 0 aromatic heterocycles. The first-order valence-corrected chi connectivity index (χ1v) is 9.97. The Kier molecular flexibility index (Phi) is 3.39. The Labute approximate surface area is 149 Å². The third-order valence-electron chi connectivity index (χ3n) is 7.63. The largest absolute Gasteiger partial charge is 0.296 e. The van der Waals surface area contributed by atoms with Crippen LogP contribution < -0.4 is 5.32 Å². The van der Waals surface area contributed by atoms with E-state index in [9.17, 15) is 9.59 Å². The third kappa shape index (κ3) is 2.46. The number of benzene rings is 1. The number of nitrogens with one attached hydrogen (secondary N) is 1. The van der Waals surface area contributed by atoms with Gasteiger partial charge >= 0.3 is 0 Å². The summed E-state index contributed by atoms with van der Waals surface area (Å²) in [5.41, 5.74) is 0.916. The third-order valence-corrected chi connectivity index (χ3v) is 7.63. The molecule has 0 spiro atoms. The van der Waals surface area contributed by atoms with Gasteiger partial charge < -0.3 is 0 Å². The quantitative estimate of drug-likeness (QED) is 0.849. The van der Waals surface area contributed by atoms with Gasteiger partial charge in [0.15, 0.2) is 0 Å². The average molecular weight is 337 g/mol. The van der Waals surface area contributed by atoms with Crippen molar-refractivity contribution < 1.29 is 9.59 Å². The molecule has 1 aliphatic heterocycles. The van der Waals surface area contributed by atoms with E-state index in [1.54, 1.807) is 0 Å². The van der Waals surface area contributed by atoms with Crippen LogP contribution in [-0.2, 0) is 15.0 Å². The summed E-state index contributed by atoms with van der Waals surface area (Å²) in [5, 5.41) is 2.67. The van der Waals surface area contributed by atoms with Gasteiger partial charge in [0.05, 0.1) is 5.41 Å². The van der Waals surface area contributed by atoms with Crippen LogP contribution >= 0.6 is 0 Å². The van der Waals surface area contributed by atoms with Crippen LogP contribution in [0.2, 0.25) is 0 Å². The normalized spacial score (nSPS) is 42.5. The molecule has 5 aliphatic rings. The molecule has 1 atom stereocenters. The first kappa shape index (κ1) is 15.6. The minimum absolute atomic E-state index is 0.0503. The van der Waals surface area contributed by atoms with E-state index in [4.69, 9.17) is 0 Å². The van der Waals surface area contributed by atoms with Crippen molar-refractivity contribution in [3.63, 3.8) is 0 Å². The standard InChI is InChI=1S/C22H27NO2/c24-19-6-7-22(20(25)23-19,18-4-2-1-3-5-18)14-21-11-15-8-16(12-21)10-17(9-15)13-21/h1-5,15-17H,6-14H2,(H,23,24,25). The summed E-state index contributed by atoms with van der Waals surface area (Å²) in [6, 6.07) is 10.3. The molecule has 1 aromatic carbocycles. The first-order valence-electron chi connectivity index (χ1n) is 9.97. The van der Waals surface area contributed by atoms with Gasteiger partial charge in [0.2, 0.25) is 11.8 Å². The summed E-state index contributed by atoms with van der Waals surface area (Å²) in [6.45, 7) is 0. The Balaban J connectivity index is 1.53. The van der Waals surface area contributed by atoms with Crippen molar-refractivity contribution in [2.75, 3.05) is 0 Å². The molecule has 25 heavy (non-hydrogen) atoms. The molecule has 132 valence electrons. The Morgan fingerprint density at radius 1 is 0.920 bits per heavy atom. The number of carbonyl (C=O) groups excluding carboxylic acids is 2. The highest BCUT2D eigenvalue weighted by Crippen LogP contribution is 2.63. The number of imide groups is 1. The molecular formula is C22H27NO2. The molecule has 4 bridgehead atoms. The highest BCUT2D eigenvalue weighted by atomic mass is 16.2. The van der Waals surface area contributed by atoms with Crippen molar-refractivity contribution in [1.82, 2.24) is 5.32 Å². The van der Waals surface area contributed by atoms with Gasteiger partial charge in [-0.1, -0.05) is 30.3 Å². The predicted octanol–water partition coefficient (Wildman–Crippen LogP) is 3.97. The van der Waals surface area contributed by atoms with Crippen molar-refractivity contribution >= 4 is 11.8 Å². The fourth-order valence-corrected chi connectivity index (χ4v) is 7.20. The SMILES string of the molecule is O=C1CCC(CC23CC4CC(CC(C4)C2)C3)(c2ccccc2)C(=O)N1. The van der Waals surface area contributed by atoms with Crippen molar-refractivity contribution in [3.8, 4) is 0 Å². The molecule has 4 saturated carbocycles. The first-order chi connectivity index (χ1) is 12.1. The second-order valence-corrected chi connectivity index (χ2v) is 9.42. The molecule has 1 unspecified atom stereocenters. The van der Waals surface area contributed by atoms with Crippen LogP contribution in [0, 0.1) is 23.2 Å². The summed E-state index contributed by atoms with van der Waals surface area (Å²) in [7, 11) is 0. The molecule has 1 heterocycles. The van der Waals surface area contributed by atoms with Gasteiger partial charge in [-0.3, -0.25) is 14.9 Å².